The SMILES string of the molecule is O=C(O)c1cn(C2CC2)c2c(C(F)(F)F)c(N3CCN(c4ccccc4)CC3)c(F)cc2c1=O. The van der Waals surface area contributed by atoms with E-state index in [-0.39, 0.29) is 19.1 Å². The molecule has 1 aliphatic heterocycles. The van der Waals surface area contributed by atoms with Crippen LogP contribution >= 0.6 is 0 Å². The summed E-state index contributed by atoms with van der Waals surface area (Å²) in [6.07, 6.45) is -2.89. The van der Waals surface area contributed by atoms with Crippen molar-refractivity contribution in [1.82, 2.24) is 4.57 Å². The van der Waals surface area contributed by atoms with E-state index in [4.69, 9.17) is 0 Å². The lowest BCUT2D eigenvalue weighted by Crippen LogP contribution is -2.47. The van der Waals surface area contributed by atoms with Crippen LogP contribution in [0.4, 0.5) is 28.9 Å². The number of fused-ring (bicyclic) bond motifs is 1. The lowest BCUT2D eigenvalue weighted by Gasteiger charge is -2.38. The molecule has 1 saturated carbocycles. The fourth-order valence-electron chi connectivity index (χ4n) is 4.68. The molecule has 2 aromatic carbocycles. The number of aromatic carboxylic acids is 1. The van der Waals surface area contributed by atoms with Crippen molar-refractivity contribution in [3.63, 3.8) is 0 Å². The number of carboxylic acid groups (broad SMARTS) is 1. The maximum atomic E-state index is 15.3. The number of hydrogen-bond acceptors (Lipinski definition) is 4. The third kappa shape index (κ3) is 3.76. The first kappa shape index (κ1) is 22.2. The van der Waals surface area contributed by atoms with Gasteiger partial charge in [-0.15, -0.1) is 0 Å². The fraction of sp³-hybridized carbons (Fsp3) is 0.333. The number of pyridine rings is 1. The van der Waals surface area contributed by atoms with Crippen LogP contribution in [0.25, 0.3) is 10.9 Å². The molecule has 0 bridgehead atoms. The molecule has 5 rings (SSSR count). The zero-order chi connectivity index (χ0) is 24.2. The average molecular weight is 475 g/mol. The summed E-state index contributed by atoms with van der Waals surface area (Å²) in [7, 11) is 0. The molecule has 1 N–H and O–H groups in total. The number of halogens is 4. The molecule has 34 heavy (non-hydrogen) atoms. The van der Waals surface area contributed by atoms with Crippen molar-refractivity contribution in [2.45, 2.75) is 25.1 Å². The molecule has 2 aliphatic rings. The molecule has 178 valence electrons. The van der Waals surface area contributed by atoms with Gasteiger partial charge in [0, 0.05) is 44.1 Å². The van der Waals surface area contributed by atoms with Crippen molar-refractivity contribution in [3.05, 3.63) is 69.8 Å². The van der Waals surface area contributed by atoms with E-state index < -0.39 is 51.1 Å². The van der Waals surface area contributed by atoms with E-state index in [1.165, 1.54) is 9.47 Å². The number of hydrogen-bond donors (Lipinski definition) is 1. The molecule has 0 unspecified atom stereocenters. The normalized spacial score (nSPS) is 16.8. The molecule has 0 radical (unpaired) electrons. The van der Waals surface area contributed by atoms with Crippen LogP contribution in [-0.2, 0) is 6.18 Å². The van der Waals surface area contributed by atoms with Gasteiger partial charge >= 0.3 is 12.1 Å². The van der Waals surface area contributed by atoms with Crippen molar-refractivity contribution in [2.75, 3.05) is 36.0 Å². The summed E-state index contributed by atoms with van der Waals surface area (Å²) >= 11 is 0. The summed E-state index contributed by atoms with van der Waals surface area (Å²) < 4.78 is 59.9. The summed E-state index contributed by atoms with van der Waals surface area (Å²) in [6, 6.07) is 9.81. The molecule has 0 amide bonds. The Labute approximate surface area is 191 Å². The molecule has 6 nitrogen and oxygen atoms in total. The molecule has 2 fully saturated rings. The van der Waals surface area contributed by atoms with Gasteiger partial charge < -0.3 is 19.5 Å². The Bertz CT molecular complexity index is 1330. The number of rotatable bonds is 4. The topological polar surface area (TPSA) is 65.8 Å². The minimum Gasteiger partial charge on any atom is -0.477 e. The maximum Gasteiger partial charge on any atom is 0.420 e. The van der Waals surface area contributed by atoms with Gasteiger partial charge in [0.15, 0.2) is 0 Å². The highest BCUT2D eigenvalue weighted by molar-refractivity contribution is 5.95. The highest BCUT2D eigenvalue weighted by atomic mass is 19.4. The van der Waals surface area contributed by atoms with Gasteiger partial charge in [-0.25, -0.2) is 9.18 Å². The predicted octanol–water partition coefficient (Wildman–Crippen LogP) is 4.52. The molecule has 1 aliphatic carbocycles. The summed E-state index contributed by atoms with van der Waals surface area (Å²) in [5.41, 5.74) is -3.13. The van der Waals surface area contributed by atoms with Gasteiger partial charge in [-0.05, 0) is 31.0 Å². The number of para-hydroxylation sites is 1. The second-order valence-corrected chi connectivity index (χ2v) is 8.60. The molecule has 0 atom stereocenters. The molecule has 1 aromatic heterocycles. The van der Waals surface area contributed by atoms with Crippen molar-refractivity contribution < 1.29 is 27.5 Å². The minimum atomic E-state index is -4.96. The molecular weight excluding hydrogens is 454 g/mol. The van der Waals surface area contributed by atoms with Crippen LogP contribution in [-0.4, -0.2) is 41.8 Å². The first-order valence-electron chi connectivity index (χ1n) is 10.9. The second kappa shape index (κ2) is 8.03. The molecule has 10 heteroatoms. The highest BCUT2D eigenvalue weighted by Gasteiger charge is 2.42. The number of piperazine rings is 1. The standard InChI is InChI=1S/C24H21F4N3O3/c25-18-12-16-20(31(15-6-7-15)13-17(22(16)32)23(33)34)19(24(26,27)28)21(18)30-10-8-29(9-11-30)14-4-2-1-3-5-14/h1-5,12-13,15H,6-11H2,(H,33,34). The molecule has 0 spiro atoms. The van der Waals surface area contributed by atoms with Gasteiger partial charge in [0.05, 0.1) is 16.6 Å². The van der Waals surface area contributed by atoms with E-state index in [2.05, 4.69) is 0 Å². The molecule has 2 heterocycles. The molecule has 1 saturated heterocycles. The molecule has 3 aromatic rings. The van der Waals surface area contributed by atoms with Gasteiger partial charge in [0.2, 0.25) is 5.43 Å². The Hall–Kier alpha value is -3.56. The van der Waals surface area contributed by atoms with Crippen molar-refractivity contribution in [3.8, 4) is 0 Å². The third-order valence-corrected chi connectivity index (χ3v) is 6.41. The van der Waals surface area contributed by atoms with Crippen LogP contribution in [0.15, 0.2) is 47.4 Å². The summed E-state index contributed by atoms with van der Waals surface area (Å²) in [4.78, 5) is 27.7. The quantitative estimate of drug-likeness (QED) is 0.563. The number of nitrogens with zero attached hydrogens (tertiary/aromatic N) is 3. The number of carbonyl (C=O) groups is 1. The van der Waals surface area contributed by atoms with Gasteiger partial charge in [-0.2, -0.15) is 13.2 Å². The van der Waals surface area contributed by atoms with E-state index in [0.29, 0.717) is 25.9 Å². The van der Waals surface area contributed by atoms with Crippen LogP contribution in [0.5, 0.6) is 0 Å². The zero-order valence-corrected chi connectivity index (χ0v) is 18.0. The highest BCUT2D eigenvalue weighted by Crippen LogP contribution is 2.46. The van der Waals surface area contributed by atoms with Crippen LogP contribution < -0.4 is 15.2 Å². The molecular formula is C24H21F4N3O3. The van der Waals surface area contributed by atoms with E-state index in [1.807, 2.05) is 35.2 Å². The van der Waals surface area contributed by atoms with Crippen molar-refractivity contribution >= 4 is 28.2 Å². The van der Waals surface area contributed by atoms with E-state index >= 15 is 4.39 Å². The van der Waals surface area contributed by atoms with E-state index in [0.717, 1.165) is 18.0 Å². The maximum absolute atomic E-state index is 15.3. The summed E-state index contributed by atoms with van der Waals surface area (Å²) in [5.74, 6) is -2.74. The third-order valence-electron chi connectivity index (χ3n) is 6.41. The lowest BCUT2D eigenvalue weighted by molar-refractivity contribution is -0.136. The Balaban J connectivity index is 1.67. The predicted molar refractivity (Wildman–Crippen MR) is 119 cm³/mol. The Kier molecular flexibility index (Phi) is 5.26. The van der Waals surface area contributed by atoms with Gasteiger partial charge in [0.25, 0.3) is 0 Å². The Morgan fingerprint density at radius 3 is 2.18 bits per heavy atom. The number of carboxylic acids is 1. The monoisotopic (exact) mass is 475 g/mol. The minimum absolute atomic E-state index is 0.154. The zero-order valence-electron chi connectivity index (χ0n) is 18.0. The van der Waals surface area contributed by atoms with Crippen LogP contribution in [0, 0.1) is 5.82 Å². The summed E-state index contributed by atoms with van der Waals surface area (Å²) in [5, 5.41) is 8.82. The number of aromatic nitrogens is 1. The van der Waals surface area contributed by atoms with Gasteiger partial charge in [-0.1, -0.05) is 18.2 Å². The Morgan fingerprint density at radius 1 is 1.00 bits per heavy atom. The van der Waals surface area contributed by atoms with Crippen LogP contribution in [0.1, 0.15) is 34.8 Å². The van der Waals surface area contributed by atoms with Gasteiger partial charge in [-0.3, -0.25) is 4.79 Å². The smallest absolute Gasteiger partial charge is 0.420 e. The van der Waals surface area contributed by atoms with Crippen molar-refractivity contribution in [2.24, 2.45) is 0 Å². The number of benzene rings is 2. The lowest BCUT2D eigenvalue weighted by atomic mass is 10.0. The second-order valence-electron chi connectivity index (χ2n) is 8.60. The summed E-state index contributed by atoms with van der Waals surface area (Å²) in [6.45, 7) is 1.10. The first-order valence-corrected chi connectivity index (χ1v) is 10.9. The number of alkyl halides is 3. The average Bonchev–Trinajstić information content (AvgIpc) is 3.64. The largest absolute Gasteiger partial charge is 0.477 e. The van der Waals surface area contributed by atoms with Crippen LogP contribution in [0.3, 0.4) is 0 Å². The van der Waals surface area contributed by atoms with E-state index in [9.17, 15) is 27.9 Å². The fourth-order valence-corrected chi connectivity index (χ4v) is 4.68. The first-order chi connectivity index (χ1) is 16.2. The van der Waals surface area contributed by atoms with Crippen molar-refractivity contribution in [1.29, 1.82) is 0 Å². The number of anilines is 2. The van der Waals surface area contributed by atoms with Crippen LogP contribution in [0.2, 0.25) is 0 Å². The van der Waals surface area contributed by atoms with Gasteiger partial charge in [0.1, 0.15) is 16.9 Å². The van der Waals surface area contributed by atoms with E-state index in [1.54, 1.807) is 0 Å². The Morgan fingerprint density at radius 2 is 1.62 bits per heavy atom.